The third-order valence-corrected chi connectivity index (χ3v) is 3.82. The summed E-state index contributed by atoms with van der Waals surface area (Å²) in [5.41, 5.74) is 1.58. The maximum absolute atomic E-state index is 12.2. The predicted octanol–water partition coefficient (Wildman–Crippen LogP) is 2.87. The quantitative estimate of drug-likeness (QED) is 0.569. The first-order valence-electron chi connectivity index (χ1n) is 7.19. The Bertz CT molecular complexity index is 890. The fourth-order valence-corrected chi connectivity index (χ4v) is 2.51. The van der Waals surface area contributed by atoms with Crippen molar-refractivity contribution in [2.24, 2.45) is 0 Å². The zero-order valence-corrected chi connectivity index (χ0v) is 13.2. The average molecular weight is 345 g/mol. The van der Waals surface area contributed by atoms with Crippen LogP contribution in [0.2, 0.25) is 5.02 Å². The van der Waals surface area contributed by atoms with Gasteiger partial charge in [0.2, 0.25) is 0 Å². The first kappa shape index (κ1) is 15.9. The zero-order chi connectivity index (χ0) is 17.1. The molecule has 1 aromatic carbocycles. The number of hydrogen-bond acceptors (Lipinski definition) is 4. The number of benzene rings is 1. The van der Waals surface area contributed by atoms with Crippen molar-refractivity contribution in [2.75, 3.05) is 6.54 Å². The summed E-state index contributed by atoms with van der Waals surface area (Å²) in [7, 11) is 0. The Morgan fingerprint density at radius 1 is 1.33 bits per heavy atom. The fraction of sp³-hybridized carbons (Fsp3) is 0.125. The van der Waals surface area contributed by atoms with Gasteiger partial charge in [-0.1, -0.05) is 17.7 Å². The van der Waals surface area contributed by atoms with E-state index in [0.717, 1.165) is 11.3 Å². The van der Waals surface area contributed by atoms with Crippen LogP contribution >= 0.6 is 11.6 Å². The molecule has 2 heterocycles. The Morgan fingerprint density at radius 3 is 2.92 bits per heavy atom. The van der Waals surface area contributed by atoms with Gasteiger partial charge >= 0.3 is 0 Å². The summed E-state index contributed by atoms with van der Waals surface area (Å²) in [4.78, 5) is 26.8. The number of nitrogens with zero attached hydrogens (tertiary/aromatic N) is 3. The predicted molar refractivity (Wildman–Crippen MR) is 89.3 cm³/mol. The number of nitro benzene ring substituents is 1. The minimum Gasteiger partial charge on any atom is -0.352 e. The highest BCUT2D eigenvalue weighted by molar-refractivity contribution is 6.33. The second-order valence-electron chi connectivity index (χ2n) is 5.13. The summed E-state index contributed by atoms with van der Waals surface area (Å²) >= 11 is 5.95. The minimum absolute atomic E-state index is 0.0841. The molecule has 0 fully saturated rings. The lowest BCUT2D eigenvalue weighted by atomic mass is 10.2. The van der Waals surface area contributed by atoms with E-state index in [4.69, 9.17) is 11.6 Å². The normalized spacial score (nSPS) is 10.7. The standard InChI is InChI=1S/C16H13ClN4O3/c17-14-5-4-12(21(23)24)9-13(14)16(22)18-7-6-11-10-20-8-2-1-3-15(20)19-11/h1-5,8-10H,6-7H2,(H,18,22). The van der Waals surface area contributed by atoms with Crippen molar-refractivity contribution in [1.82, 2.24) is 14.7 Å². The molecule has 1 N–H and O–H groups in total. The molecule has 0 aliphatic heterocycles. The van der Waals surface area contributed by atoms with Crippen molar-refractivity contribution in [1.29, 1.82) is 0 Å². The fourth-order valence-electron chi connectivity index (χ4n) is 2.31. The number of aromatic nitrogens is 2. The molecule has 3 rings (SSSR count). The number of imidazole rings is 1. The SMILES string of the molecule is O=C(NCCc1cn2ccccc2n1)c1cc([N+](=O)[O-])ccc1Cl. The molecule has 122 valence electrons. The summed E-state index contributed by atoms with van der Waals surface area (Å²) in [6.45, 7) is 0.349. The number of rotatable bonds is 5. The lowest BCUT2D eigenvalue weighted by molar-refractivity contribution is -0.384. The highest BCUT2D eigenvalue weighted by Crippen LogP contribution is 2.21. The van der Waals surface area contributed by atoms with Crippen molar-refractivity contribution < 1.29 is 9.72 Å². The smallest absolute Gasteiger partial charge is 0.270 e. The number of pyridine rings is 1. The maximum Gasteiger partial charge on any atom is 0.270 e. The molecular formula is C16H13ClN4O3. The van der Waals surface area contributed by atoms with Crippen molar-refractivity contribution >= 4 is 28.8 Å². The Morgan fingerprint density at radius 2 is 2.17 bits per heavy atom. The van der Waals surface area contributed by atoms with Gasteiger partial charge < -0.3 is 9.72 Å². The van der Waals surface area contributed by atoms with Crippen molar-refractivity contribution in [2.45, 2.75) is 6.42 Å². The number of carbonyl (C=O) groups is 1. The Balaban J connectivity index is 1.65. The minimum atomic E-state index is -0.566. The number of amides is 1. The first-order chi connectivity index (χ1) is 11.5. The number of nitrogens with one attached hydrogen (secondary N) is 1. The largest absolute Gasteiger partial charge is 0.352 e. The third-order valence-electron chi connectivity index (χ3n) is 3.49. The lowest BCUT2D eigenvalue weighted by Crippen LogP contribution is -2.26. The van der Waals surface area contributed by atoms with Gasteiger partial charge in [0.15, 0.2) is 0 Å². The monoisotopic (exact) mass is 344 g/mol. The first-order valence-corrected chi connectivity index (χ1v) is 7.57. The number of fused-ring (bicyclic) bond motifs is 1. The van der Waals surface area contributed by atoms with Crippen LogP contribution in [0.3, 0.4) is 0 Å². The molecule has 0 saturated heterocycles. The van der Waals surface area contributed by atoms with Crippen LogP contribution in [0.5, 0.6) is 0 Å². The van der Waals surface area contributed by atoms with Gasteiger partial charge in [0.1, 0.15) is 5.65 Å². The van der Waals surface area contributed by atoms with Crippen LogP contribution in [-0.2, 0) is 6.42 Å². The molecule has 3 aromatic rings. The summed E-state index contributed by atoms with van der Waals surface area (Å²) in [5, 5.41) is 13.7. The highest BCUT2D eigenvalue weighted by Gasteiger charge is 2.15. The summed E-state index contributed by atoms with van der Waals surface area (Å²) in [5.74, 6) is -0.451. The van der Waals surface area contributed by atoms with E-state index in [0.29, 0.717) is 13.0 Å². The van der Waals surface area contributed by atoms with Gasteiger partial charge in [-0.3, -0.25) is 14.9 Å². The Kier molecular flexibility index (Phi) is 4.43. The van der Waals surface area contributed by atoms with E-state index >= 15 is 0 Å². The zero-order valence-electron chi connectivity index (χ0n) is 12.5. The number of halogens is 1. The molecule has 0 bridgehead atoms. The van der Waals surface area contributed by atoms with Crippen LogP contribution in [0.4, 0.5) is 5.69 Å². The van der Waals surface area contributed by atoms with E-state index in [1.165, 1.54) is 18.2 Å². The van der Waals surface area contributed by atoms with Gasteiger partial charge in [-0.05, 0) is 18.2 Å². The van der Waals surface area contributed by atoms with E-state index < -0.39 is 10.8 Å². The third kappa shape index (κ3) is 3.36. The molecule has 8 heteroatoms. The summed E-state index contributed by atoms with van der Waals surface area (Å²) < 4.78 is 1.90. The molecule has 0 aliphatic rings. The van der Waals surface area contributed by atoms with Crippen LogP contribution in [0.1, 0.15) is 16.1 Å². The van der Waals surface area contributed by atoms with Gasteiger partial charge in [0.25, 0.3) is 11.6 Å². The average Bonchev–Trinajstić information content (AvgIpc) is 2.97. The molecule has 24 heavy (non-hydrogen) atoms. The molecule has 0 saturated carbocycles. The second kappa shape index (κ2) is 6.67. The molecule has 0 spiro atoms. The molecule has 1 amide bonds. The maximum atomic E-state index is 12.2. The van der Waals surface area contributed by atoms with Gasteiger partial charge in [0, 0.05) is 37.5 Å². The number of hydrogen-bond donors (Lipinski definition) is 1. The van der Waals surface area contributed by atoms with Crippen molar-refractivity contribution in [3.63, 3.8) is 0 Å². The van der Waals surface area contributed by atoms with E-state index in [1.54, 1.807) is 0 Å². The summed E-state index contributed by atoms with van der Waals surface area (Å²) in [6.07, 6.45) is 4.33. The Labute approximate surface area is 142 Å². The van der Waals surface area contributed by atoms with Crippen LogP contribution < -0.4 is 5.32 Å². The molecule has 0 atom stereocenters. The molecule has 0 aliphatic carbocycles. The lowest BCUT2D eigenvalue weighted by Gasteiger charge is -2.05. The molecule has 2 aromatic heterocycles. The van der Waals surface area contributed by atoms with E-state index in [-0.39, 0.29) is 16.3 Å². The van der Waals surface area contributed by atoms with E-state index in [2.05, 4.69) is 10.3 Å². The van der Waals surface area contributed by atoms with Crippen LogP contribution in [0, 0.1) is 10.1 Å². The van der Waals surface area contributed by atoms with Gasteiger partial charge in [0.05, 0.1) is 21.2 Å². The van der Waals surface area contributed by atoms with E-state index in [1.807, 2.05) is 35.0 Å². The number of non-ortho nitro benzene ring substituents is 1. The number of carbonyl (C=O) groups excluding carboxylic acids is 1. The Hall–Kier alpha value is -2.93. The molecule has 0 radical (unpaired) electrons. The molecule has 0 unspecified atom stereocenters. The van der Waals surface area contributed by atoms with Crippen LogP contribution in [0.15, 0.2) is 48.8 Å². The second-order valence-corrected chi connectivity index (χ2v) is 5.53. The van der Waals surface area contributed by atoms with Gasteiger partial charge in [-0.15, -0.1) is 0 Å². The molecule has 7 nitrogen and oxygen atoms in total. The number of nitro groups is 1. The van der Waals surface area contributed by atoms with E-state index in [9.17, 15) is 14.9 Å². The molecular weight excluding hydrogens is 332 g/mol. The highest BCUT2D eigenvalue weighted by atomic mass is 35.5. The van der Waals surface area contributed by atoms with Crippen molar-refractivity contribution in [3.8, 4) is 0 Å². The van der Waals surface area contributed by atoms with Crippen molar-refractivity contribution in [3.05, 3.63) is 75.2 Å². The van der Waals surface area contributed by atoms with Crippen LogP contribution in [-0.4, -0.2) is 26.8 Å². The van der Waals surface area contributed by atoms with Gasteiger partial charge in [-0.2, -0.15) is 0 Å². The topological polar surface area (TPSA) is 89.5 Å². The van der Waals surface area contributed by atoms with Gasteiger partial charge in [-0.25, -0.2) is 4.98 Å². The van der Waals surface area contributed by atoms with Crippen LogP contribution in [0.25, 0.3) is 5.65 Å². The summed E-state index contributed by atoms with van der Waals surface area (Å²) in [6, 6.07) is 9.47.